The summed E-state index contributed by atoms with van der Waals surface area (Å²) in [7, 11) is -3.42. The van der Waals surface area contributed by atoms with E-state index in [0.29, 0.717) is 23.0 Å². The van der Waals surface area contributed by atoms with Gasteiger partial charge in [-0.2, -0.15) is 4.31 Å². The van der Waals surface area contributed by atoms with Gasteiger partial charge in [0.15, 0.2) is 0 Å². The van der Waals surface area contributed by atoms with Crippen LogP contribution in [0.4, 0.5) is 0 Å². The van der Waals surface area contributed by atoms with Crippen molar-refractivity contribution in [2.75, 3.05) is 26.2 Å². The maximum Gasteiger partial charge on any atom is 0.243 e. The van der Waals surface area contributed by atoms with Gasteiger partial charge in [-0.3, -0.25) is 4.98 Å². The van der Waals surface area contributed by atoms with Crippen LogP contribution >= 0.6 is 11.6 Å². The predicted molar refractivity (Wildman–Crippen MR) is 88.8 cm³/mol. The molecule has 0 bridgehead atoms. The number of hydrogen-bond acceptors (Lipinski definition) is 3. The molecule has 0 aliphatic carbocycles. The van der Waals surface area contributed by atoms with Gasteiger partial charge in [0.2, 0.25) is 10.0 Å². The Morgan fingerprint density at radius 3 is 2.26 bits per heavy atom. The zero-order valence-electron chi connectivity index (χ0n) is 12.7. The van der Waals surface area contributed by atoms with Gasteiger partial charge < -0.3 is 4.90 Å². The van der Waals surface area contributed by atoms with Crippen molar-refractivity contribution in [3.05, 3.63) is 59.4 Å². The largest absolute Gasteiger partial charge is 0.329 e. The van der Waals surface area contributed by atoms with Crippen molar-refractivity contribution < 1.29 is 13.3 Å². The van der Waals surface area contributed by atoms with E-state index in [0.717, 1.165) is 19.6 Å². The highest BCUT2D eigenvalue weighted by atomic mass is 35.5. The number of nitrogens with zero attached hydrogens (tertiary/aromatic N) is 2. The predicted octanol–water partition coefficient (Wildman–Crippen LogP) is 0.824. The van der Waals surface area contributed by atoms with Crippen molar-refractivity contribution in [1.82, 2.24) is 9.29 Å². The fraction of sp³-hybridized carbons (Fsp3) is 0.312. The van der Waals surface area contributed by atoms with Crippen LogP contribution in [0.3, 0.4) is 0 Å². The molecule has 7 heteroatoms. The van der Waals surface area contributed by atoms with Crippen molar-refractivity contribution in [3.63, 3.8) is 0 Å². The van der Waals surface area contributed by atoms with Crippen LogP contribution in [0.1, 0.15) is 5.56 Å². The average molecular weight is 353 g/mol. The number of quaternary nitrogens is 1. The Balaban J connectivity index is 1.63. The number of piperazine rings is 1. The maximum atomic E-state index is 12.6. The third-order valence-corrected chi connectivity index (χ3v) is 6.25. The SMILES string of the molecule is O=S(=O)(c1ccc(Cl)cc1)N1CC[NH+](Cc2ccncc2)CC1. The molecule has 0 amide bonds. The van der Waals surface area contributed by atoms with Crippen molar-refractivity contribution in [2.24, 2.45) is 0 Å². The lowest BCUT2D eigenvalue weighted by Gasteiger charge is -2.31. The number of halogens is 1. The van der Waals surface area contributed by atoms with Crippen molar-refractivity contribution in [1.29, 1.82) is 0 Å². The smallest absolute Gasteiger partial charge is 0.243 e. The molecule has 122 valence electrons. The van der Waals surface area contributed by atoms with Crippen molar-refractivity contribution in [2.45, 2.75) is 11.4 Å². The minimum absolute atomic E-state index is 0.305. The Kier molecular flexibility index (Phi) is 4.96. The number of nitrogens with one attached hydrogen (secondary N) is 1. The number of benzene rings is 1. The van der Waals surface area contributed by atoms with Crippen LogP contribution in [0.25, 0.3) is 0 Å². The molecule has 2 aromatic rings. The van der Waals surface area contributed by atoms with E-state index < -0.39 is 10.0 Å². The average Bonchev–Trinajstić information content (AvgIpc) is 2.57. The highest BCUT2D eigenvalue weighted by Crippen LogP contribution is 2.18. The normalized spacial score (nSPS) is 17.3. The summed E-state index contributed by atoms with van der Waals surface area (Å²) in [6.45, 7) is 3.57. The van der Waals surface area contributed by atoms with Crippen LogP contribution in [0.5, 0.6) is 0 Å². The van der Waals surface area contributed by atoms with E-state index in [1.54, 1.807) is 41.0 Å². The van der Waals surface area contributed by atoms with E-state index in [-0.39, 0.29) is 0 Å². The van der Waals surface area contributed by atoms with Gasteiger partial charge in [0.05, 0.1) is 31.1 Å². The van der Waals surface area contributed by atoms with Crippen LogP contribution in [0.2, 0.25) is 5.02 Å². The second-order valence-electron chi connectivity index (χ2n) is 5.64. The van der Waals surface area contributed by atoms with E-state index in [1.807, 2.05) is 12.1 Å². The van der Waals surface area contributed by atoms with E-state index >= 15 is 0 Å². The highest BCUT2D eigenvalue weighted by molar-refractivity contribution is 7.89. The Bertz CT molecular complexity index is 743. The Labute approximate surface area is 141 Å². The van der Waals surface area contributed by atoms with Gasteiger partial charge in [0.25, 0.3) is 0 Å². The topological polar surface area (TPSA) is 54.7 Å². The third-order valence-electron chi connectivity index (χ3n) is 4.08. The molecule has 1 N–H and O–H groups in total. The van der Waals surface area contributed by atoms with E-state index in [9.17, 15) is 8.42 Å². The molecule has 23 heavy (non-hydrogen) atoms. The summed E-state index contributed by atoms with van der Waals surface area (Å²) in [6, 6.07) is 10.4. The molecule has 0 unspecified atom stereocenters. The monoisotopic (exact) mass is 352 g/mol. The summed E-state index contributed by atoms with van der Waals surface area (Å²) in [4.78, 5) is 5.71. The molecule has 0 radical (unpaired) electrons. The summed E-state index contributed by atoms with van der Waals surface area (Å²) >= 11 is 5.83. The molecule has 0 atom stereocenters. The van der Waals surface area contributed by atoms with Crippen LogP contribution in [0.15, 0.2) is 53.7 Å². The zero-order chi connectivity index (χ0) is 16.3. The number of rotatable bonds is 4. The maximum absolute atomic E-state index is 12.6. The summed E-state index contributed by atoms with van der Waals surface area (Å²) in [5.74, 6) is 0. The van der Waals surface area contributed by atoms with Gasteiger partial charge in [0.1, 0.15) is 6.54 Å². The van der Waals surface area contributed by atoms with Gasteiger partial charge in [-0.1, -0.05) is 11.6 Å². The summed E-state index contributed by atoms with van der Waals surface area (Å²) in [5, 5.41) is 0.538. The molecule has 1 aliphatic rings. The number of pyridine rings is 1. The van der Waals surface area contributed by atoms with Gasteiger partial charge in [-0.15, -0.1) is 0 Å². The summed E-state index contributed by atoms with van der Waals surface area (Å²) < 4.78 is 26.8. The van der Waals surface area contributed by atoms with Crippen molar-refractivity contribution >= 4 is 21.6 Å². The van der Waals surface area contributed by atoms with Gasteiger partial charge in [-0.05, 0) is 36.4 Å². The quantitative estimate of drug-likeness (QED) is 0.886. The van der Waals surface area contributed by atoms with Crippen LogP contribution in [-0.2, 0) is 16.6 Å². The molecule has 2 heterocycles. The standard InChI is InChI=1S/C16H18ClN3O2S/c17-15-1-3-16(4-2-15)23(21,22)20-11-9-19(10-12-20)13-14-5-7-18-8-6-14/h1-8H,9-13H2/p+1. The molecule has 1 aromatic heterocycles. The Morgan fingerprint density at radius 2 is 1.65 bits per heavy atom. The van der Waals surface area contributed by atoms with E-state index in [4.69, 9.17) is 11.6 Å². The fourth-order valence-corrected chi connectivity index (χ4v) is 4.33. The summed E-state index contributed by atoms with van der Waals surface area (Å²) in [6.07, 6.45) is 3.58. The van der Waals surface area contributed by atoms with Gasteiger partial charge in [0, 0.05) is 23.0 Å². The van der Waals surface area contributed by atoms with Crippen LogP contribution in [0, 0.1) is 0 Å². The van der Waals surface area contributed by atoms with Crippen LogP contribution < -0.4 is 4.90 Å². The van der Waals surface area contributed by atoms with Crippen molar-refractivity contribution in [3.8, 4) is 0 Å². The lowest BCUT2D eigenvalue weighted by Crippen LogP contribution is -3.13. The lowest BCUT2D eigenvalue weighted by molar-refractivity contribution is -0.917. The second kappa shape index (κ2) is 6.97. The molecular formula is C16H19ClN3O2S+. The Morgan fingerprint density at radius 1 is 1.04 bits per heavy atom. The highest BCUT2D eigenvalue weighted by Gasteiger charge is 2.30. The molecule has 3 rings (SSSR count). The summed E-state index contributed by atoms with van der Waals surface area (Å²) in [5.41, 5.74) is 1.23. The molecule has 1 aliphatic heterocycles. The van der Waals surface area contributed by atoms with E-state index in [2.05, 4.69) is 4.98 Å². The minimum atomic E-state index is -3.42. The minimum Gasteiger partial charge on any atom is -0.329 e. The first-order valence-corrected chi connectivity index (χ1v) is 9.36. The second-order valence-corrected chi connectivity index (χ2v) is 8.01. The molecule has 0 spiro atoms. The van der Waals surface area contributed by atoms with Crippen LogP contribution in [-0.4, -0.2) is 43.9 Å². The first-order chi connectivity index (χ1) is 11.1. The lowest BCUT2D eigenvalue weighted by atomic mass is 10.2. The zero-order valence-corrected chi connectivity index (χ0v) is 14.2. The first kappa shape index (κ1) is 16.4. The fourth-order valence-electron chi connectivity index (χ4n) is 2.76. The Hall–Kier alpha value is -1.47. The molecule has 1 saturated heterocycles. The first-order valence-electron chi connectivity index (χ1n) is 7.54. The molecule has 0 saturated carbocycles. The molecule has 5 nitrogen and oxygen atoms in total. The number of aromatic nitrogens is 1. The van der Waals surface area contributed by atoms with Gasteiger partial charge >= 0.3 is 0 Å². The molecule has 1 aromatic carbocycles. The molecular weight excluding hydrogens is 334 g/mol. The number of sulfonamides is 1. The number of hydrogen-bond donors (Lipinski definition) is 1. The van der Waals surface area contributed by atoms with Gasteiger partial charge in [-0.25, -0.2) is 8.42 Å². The third kappa shape index (κ3) is 3.90. The molecule has 1 fully saturated rings. The van der Waals surface area contributed by atoms with E-state index in [1.165, 1.54) is 10.5 Å².